The maximum Gasteiger partial charge on any atom is 0.321 e. The summed E-state index contributed by atoms with van der Waals surface area (Å²) < 4.78 is 26.5. The zero-order valence-electron chi connectivity index (χ0n) is 15.7. The van der Waals surface area contributed by atoms with Crippen LogP contribution in [0.25, 0.3) is 0 Å². The van der Waals surface area contributed by atoms with Crippen LogP contribution in [0.3, 0.4) is 0 Å². The Morgan fingerprint density at radius 1 is 1.03 bits per heavy atom. The number of benzene rings is 2. The molecule has 0 unspecified atom stereocenters. The van der Waals surface area contributed by atoms with E-state index in [1.54, 1.807) is 53.4 Å². The molecule has 29 heavy (non-hydrogen) atoms. The lowest BCUT2D eigenvalue weighted by molar-refractivity contribution is 0.251. The number of nitrogens with zero attached hydrogens (tertiary/aromatic N) is 1. The van der Waals surface area contributed by atoms with Gasteiger partial charge in [-0.25, -0.2) is 22.7 Å². The molecule has 0 atom stereocenters. The molecule has 0 bridgehead atoms. The van der Waals surface area contributed by atoms with Crippen LogP contribution in [0.2, 0.25) is 0 Å². The average molecular weight is 417 g/mol. The van der Waals surface area contributed by atoms with Crippen molar-refractivity contribution in [2.24, 2.45) is 0 Å². The highest BCUT2D eigenvalue weighted by Crippen LogP contribution is 2.19. The van der Waals surface area contributed by atoms with Gasteiger partial charge >= 0.3 is 12.1 Å². The third-order valence-electron chi connectivity index (χ3n) is 4.23. The van der Waals surface area contributed by atoms with E-state index in [2.05, 4.69) is 20.7 Å². The smallest absolute Gasteiger partial charge is 0.321 e. The zero-order valence-corrected chi connectivity index (χ0v) is 16.5. The normalized spacial score (nSPS) is 13.8. The average Bonchev–Trinajstić information content (AvgIpc) is 3.12. The Hall–Kier alpha value is -3.11. The molecule has 10 heteroatoms. The molecule has 1 aliphatic rings. The van der Waals surface area contributed by atoms with Gasteiger partial charge in [0.1, 0.15) is 0 Å². The van der Waals surface area contributed by atoms with E-state index in [0.717, 1.165) is 5.69 Å². The molecule has 4 N–H and O–H groups in total. The second-order valence-corrected chi connectivity index (χ2v) is 8.26. The van der Waals surface area contributed by atoms with Crippen LogP contribution in [0.15, 0.2) is 54.6 Å². The van der Waals surface area contributed by atoms with E-state index < -0.39 is 16.1 Å². The number of hydrogen-bond acceptors (Lipinski definition) is 4. The number of sulfonamides is 1. The molecule has 1 saturated heterocycles. The molecule has 1 fully saturated rings. The highest BCUT2D eigenvalue weighted by Gasteiger charge is 2.20. The summed E-state index contributed by atoms with van der Waals surface area (Å²) in [6.07, 6.45) is 0. The van der Waals surface area contributed by atoms with Crippen molar-refractivity contribution in [1.29, 1.82) is 0 Å². The van der Waals surface area contributed by atoms with Crippen LogP contribution < -0.4 is 25.6 Å². The lowest BCUT2D eigenvalue weighted by Gasteiger charge is -2.15. The molecule has 0 aliphatic carbocycles. The number of carbonyl (C=O) groups excluding carboxylic acids is 2. The van der Waals surface area contributed by atoms with Crippen LogP contribution in [0, 0.1) is 0 Å². The minimum absolute atomic E-state index is 0.0889. The molecule has 3 rings (SSSR count). The Balaban J connectivity index is 1.39. The third kappa shape index (κ3) is 6.19. The topological polar surface area (TPSA) is 120 Å². The van der Waals surface area contributed by atoms with E-state index in [-0.39, 0.29) is 24.9 Å². The summed E-state index contributed by atoms with van der Waals surface area (Å²) in [6, 6.07) is 15.2. The largest absolute Gasteiger partial charge is 0.337 e. The minimum Gasteiger partial charge on any atom is -0.337 e. The van der Waals surface area contributed by atoms with Gasteiger partial charge in [0.05, 0.1) is 5.75 Å². The summed E-state index contributed by atoms with van der Waals surface area (Å²) in [7, 11) is -3.47. The van der Waals surface area contributed by atoms with Gasteiger partial charge in [0.25, 0.3) is 0 Å². The van der Waals surface area contributed by atoms with Crippen molar-refractivity contribution >= 4 is 33.5 Å². The second kappa shape index (κ2) is 9.39. The predicted octanol–water partition coefficient (Wildman–Crippen LogP) is 1.46. The highest BCUT2D eigenvalue weighted by atomic mass is 32.2. The third-order valence-corrected chi connectivity index (χ3v) is 5.58. The summed E-state index contributed by atoms with van der Waals surface area (Å²) >= 11 is 0. The van der Waals surface area contributed by atoms with Crippen LogP contribution in [0.4, 0.5) is 21.0 Å². The number of amides is 4. The number of anilines is 2. The molecule has 0 saturated carbocycles. The van der Waals surface area contributed by atoms with Crippen molar-refractivity contribution in [2.45, 2.75) is 5.75 Å². The molecule has 1 heterocycles. The second-order valence-electron chi connectivity index (χ2n) is 6.45. The summed E-state index contributed by atoms with van der Waals surface area (Å²) in [6.45, 7) is 1.44. The fraction of sp³-hybridized carbons (Fsp3) is 0.263. The van der Waals surface area contributed by atoms with Crippen molar-refractivity contribution < 1.29 is 18.0 Å². The lowest BCUT2D eigenvalue weighted by Crippen LogP contribution is -2.37. The maximum absolute atomic E-state index is 12.0. The number of hydrogen-bond donors (Lipinski definition) is 4. The number of rotatable bonds is 8. The Morgan fingerprint density at radius 3 is 2.41 bits per heavy atom. The monoisotopic (exact) mass is 417 g/mol. The van der Waals surface area contributed by atoms with Crippen LogP contribution in [-0.4, -0.2) is 46.7 Å². The first-order valence-corrected chi connectivity index (χ1v) is 10.8. The van der Waals surface area contributed by atoms with Gasteiger partial charge in [0.2, 0.25) is 10.0 Å². The Morgan fingerprint density at radius 2 is 1.76 bits per heavy atom. The lowest BCUT2D eigenvalue weighted by atomic mass is 10.2. The van der Waals surface area contributed by atoms with Gasteiger partial charge in [-0.05, 0) is 29.8 Å². The predicted molar refractivity (Wildman–Crippen MR) is 111 cm³/mol. The van der Waals surface area contributed by atoms with E-state index in [4.69, 9.17) is 0 Å². The molecule has 0 spiro atoms. The van der Waals surface area contributed by atoms with Crippen molar-refractivity contribution in [3.05, 3.63) is 60.2 Å². The number of nitrogens with one attached hydrogen (secondary N) is 4. The maximum atomic E-state index is 12.0. The van der Waals surface area contributed by atoms with Gasteiger partial charge in [-0.3, -0.25) is 4.90 Å². The molecular weight excluding hydrogens is 394 g/mol. The molecule has 9 nitrogen and oxygen atoms in total. The SMILES string of the molecule is O=C(NCCNS(=O)(=O)Cc1ccccc1)Nc1ccc(N2CCNC2=O)cc1. The first kappa shape index (κ1) is 20.6. The van der Waals surface area contributed by atoms with Crippen molar-refractivity contribution in [3.8, 4) is 0 Å². The summed E-state index contributed by atoms with van der Waals surface area (Å²) in [5, 5.41) is 7.98. The van der Waals surface area contributed by atoms with Gasteiger partial charge in [-0.2, -0.15) is 0 Å². The van der Waals surface area contributed by atoms with E-state index >= 15 is 0 Å². The molecule has 1 aliphatic heterocycles. The van der Waals surface area contributed by atoms with Gasteiger partial charge in [-0.1, -0.05) is 30.3 Å². The highest BCUT2D eigenvalue weighted by molar-refractivity contribution is 7.88. The van der Waals surface area contributed by atoms with E-state index in [1.165, 1.54) is 0 Å². The molecule has 154 valence electrons. The molecular formula is C19H23N5O4S. The van der Waals surface area contributed by atoms with E-state index in [0.29, 0.717) is 24.3 Å². The minimum atomic E-state index is -3.47. The van der Waals surface area contributed by atoms with Gasteiger partial charge < -0.3 is 16.0 Å². The molecule has 2 aromatic rings. The Bertz CT molecular complexity index is 948. The van der Waals surface area contributed by atoms with E-state index in [9.17, 15) is 18.0 Å². The van der Waals surface area contributed by atoms with Gasteiger partial charge in [-0.15, -0.1) is 0 Å². The summed E-state index contributed by atoms with van der Waals surface area (Å²) in [5.41, 5.74) is 2.01. The molecule has 0 radical (unpaired) electrons. The Labute approximate surface area is 169 Å². The Kier molecular flexibility index (Phi) is 6.68. The molecule has 2 aromatic carbocycles. The van der Waals surface area contributed by atoms with Crippen LogP contribution >= 0.6 is 0 Å². The molecule has 0 aromatic heterocycles. The van der Waals surface area contributed by atoms with Crippen LogP contribution in [-0.2, 0) is 15.8 Å². The quantitative estimate of drug-likeness (QED) is 0.486. The van der Waals surface area contributed by atoms with Gasteiger partial charge in [0, 0.05) is 37.6 Å². The standard InChI is InChI=1S/C19H23N5O4S/c25-18(20-10-11-22-29(27,28)14-15-4-2-1-3-5-15)23-16-6-8-17(9-7-16)24-13-12-21-19(24)26/h1-9,22H,10-14H2,(H,21,26)(H2,20,23,25). The van der Waals surface area contributed by atoms with Crippen molar-refractivity contribution in [2.75, 3.05) is 36.4 Å². The first-order chi connectivity index (χ1) is 13.9. The zero-order chi connectivity index (χ0) is 20.7. The van der Waals surface area contributed by atoms with Gasteiger partial charge in [0.15, 0.2) is 0 Å². The summed E-state index contributed by atoms with van der Waals surface area (Å²) in [5.74, 6) is -0.110. The first-order valence-electron chi connectivity index (χ1n) is 9.14. The van der Waals surface area contributed by atoms with Crippen LogP contribution in [0.5, 0.6) is 0 Å². The fourth-order valence-electron chi connectivity index (χ4n) is 2.85. The summed E-state index contributed by atoms with van der Waals surface area (Å²) in [4.78, 5) is 25.2. The van der Waals surface area contributed by atoms with Crippen molar-refractivity contribution in [3.63, 3.8) is 0 Å². The van der Waals surface area contributed by atoms with Crippen molar-refractivity contribution in [1.82, 2.24) is 15.4 Å². The van der Waals surface area contributed by atoms with E-state index in [1.807, 2.05) is 6.07 Å². The molecule has 4 amide bonds. The van der Waals surface area contributed by atoms with Crippen LogP contribution in [0.1, 0.15) is 5.56 Å². The number of urea groups is 2. The number of carbonyl (C=O) groups is 2. The fourth-order valence-corrected chi connectivity index (χ4v) is 3.99.